The number of amides is 2. The Morgan fingerprint density at radius 2 is 1.88 bits per heavy atom. The first-order valence-corrected chi connectivity index (χ1v) is 8.52. The van der Waals surface area contributed by atoms with Gasteiger partial charge in [0, 0.05) is 25.0 Å². The van der Waals surface area contributed by atoms with Crippen molar-refractivity contribution >= 4 is 11.8 Å². The van der Waals surface area contributed by atoms with E-state index in [1.165, 1.54) is 0 Å². The van der Waals surface area contributed by atoms with Crippen LogP contribution >= 0.6 is 0 Å². The number of nitrogens with one attached hydrogen (secondary N) is 1. The van der Waals surface area contributed by atoms with Gasteiger partial charge in [-0.3, -0.25) is 9.59 Å². The average Bonchev–Trinajstić information content (AvgIpc) is 3.48. The van der Waals surface area contributed by atoms with Crippen LogP contribution in [0.25, 0.3) is 0 Å². The van der Waals surface area contributed by atoms with Crippen LogP contribution in [0.1, 0.15) is 32.1 Å². The molecule has 24 heavy (non-hydrogen) atoms. The molecule has 2 aliphatic rings. The summed E-state index contributed by atoms with van der Waals surface area (Å²) in [7, 11) is 1.57. The fraction of sp³-hybridized carbons (Fsp3) is 0.556. The van der Waals surface area contributed by atoms with Crippen LogP contribution in [0.4, 0.5) is 0 Å². The molecule has 0 radical (unpaired) electrons. The van der Waals surface area contributed by atoms with Gasteiger partial charge in [0.15, 0.2) is 18.1 Å². The van der Waals surface area contributed by atoms with E-state index in [4.69, 9.17) is 9.47 Å². The predicted octanol–water partition coefficient (Wildman–Crippen LogP) is 1.73. The molecule has 130 valence electrons. The maximum absolute atomic E-state index is 12.5. The van der Waals surface area contributed by atoms with Gasteiger partial charge < -0.3 is 19.7 Å². The third-order valence-corrected chi connectivity index (χ3v) is 4.25. The van der Waals surface area contributed by atoms with Gasteiger partial charge in [0.2, 0.25) is 5.91 Å². The molecule has 1 aromatic rings. The van der Waals surface area contributed by atoms with Gasteiger partial charge in [0.25, 0.3) is 5.91 Å². The van der Waals surface area contributed by atoms with Crippen molar-refractivity contribution in [2.75, 3.05) is 20.3 Å². The lowest BCUT2D eigenvalue weighted by atomic mass is 10.3. The molecular weight excluding hydrogens is 308 g/mol. The molecule has 0 aromatic heterocycles. The zero-order valence-electron chi connectivity index (χ0n) is 14.0. The Morgan fingerprint density at radius 3 is 2.50 bits per heavy atom. The molecule has 0 saturated heterocycles. The molecular formula is C18H24N2O4. The smallest absolute Gasteiger partial charge is 0.260 e. The van der Waals surface area contributed by atoms with Gasteiger partial charge in [-0.15, -0.1) is 0 Å². The number of nitrogens with zero attached hydrogens (tertiary/aromatic N) is 1. The van der Waals surface area contributed by atoms with E-state index in [1.54, 1.807) is 24.1 Å². The normalized spacial score (nSPS) is 16.4. The lowest BCUT2D eigenvalue weighted by Gasteiger charge is -2.22. The first-order chi connectivity index (χ1) is 11.7. The SMILES string of the molecule is COc1ccccc1OCC(=O)N(CCC(=O)NC1CC1)C1CC1. The lowest BCUT2D eigenvalue weighted by molar-refractivity contribution is -0.134. The Morgan fingerprint density at radius 1 is 1.17 bits per heavy atom. The van der Waals surface area contributed by atoms with Crippen molar-refractivity contribution in [3.05, 3.63) is 24.3 Å². The van der Waals surface area contributed by atoms with Gasteiger partial charge in [-0.05, 0) is 37.8 Å². The minimum atomic E-state index is -0.0809. The Kier molecular flexibility index (Phi) is 5.23. The molecule has 2 aliphatic carbocycles. The minimum Gasteiger partial charge on any atom is -0.493 e. The number of ether oxygens (including phenoxy) is 2. The Bertz CT molecular complexity index is 596. The minimum absolute atomic E-state index is 0.0293. The molecule has 0 atom stereocenters. The van der Waals surface area contributed by atoms with Crippen molar-refractivity contribution in [3.8, 4) is 11.5 Å². The van der Waals surface area contributed by atoms with E-state index in [-0.39, 0.29) is 24.5 Å². The number of benzene rings is 1. The van der Waals surface area contributed by atoms with E-state index in [0.717, 1.165) is 25.7 Å². The highest BCUT2D eigenvalue weighted by molar-refractivity contribution is 5.80. The van der Waals surface area contributed by atoms with Crippen LogP contribution in [0, 0.1) is 0 Å². The molecule has 2 amide bonds. The standard InChI is InChI=1S/C18H24N2O4/c1-23-15-4-2-3-5-16(15)24-12-18(22)20(14-8-9-14)11-10-17(21)19-13-6-7-13/h2-5,13-14H,6-12H2,1H3,(H,19,21). The van der Waals surface area contributed by atoms with Gasteiger partial charge in [0.1, 0.15) is 0 Å². The van der Waals surface area contributed by atoms with Crippen LogP contribution in [0.3, 0.4) is 0 Å². The van der Waals surface area contributed by atoms with Crippen LogP contribution in [0.2, 0.25) is 0 Å². The average molecular weight is 332 g/mol. The molecule has 0 bridgehead atoms. The summed E-state index contributed by atoms with van der Waals surface area (Å²) < 4.78 is 10.8. The second-order valence-corrected chi connectivity index (χ2v) is 6.35. The summed E-state index contributed by atoms with van der Waals surface area (Å²) >= 11 is 0. The zero-order valence-corrected chi connectivity index (χ0v) is 14.0. The number of carbonyl (C=O) groups excluding carboxylic acids is 2. The van der Waals surface area contributed by atoms with Crippen LogP contribution < -0.4 is 14.8 Å². The topological polar surface area (TPSA) is 67.9 Å². The van der Waals surface area contributed by atoms with Crippen molar-refractivity contribution in [1.82, 2.24) is 10.2 Å². The molecule has 1 aromatic carbocycles. The van der Waals surface area contributed by atoms with Crippen LogP contribution in [-0.2, 0) is 9.59 Å². The monoisotopic (exact) mass is 332 g/mol. The summed E-state index contributed by atoms with van der Waals surface area (Å²) in [4.78, 5) is 26.1. The summed E-state index contributed by atoms with van der Waals surface area (Å²) in [5.74, 6) is 1.10. The van der Waals surface area contributed by atoms with E-state index < -0.39 is 0 Å². The van der Waals surface area contributed by atoms with Gasteiger partial charge in [-0.2, -0.15) is 0 Å². The van der Waals surface area contributed by atoms with Crippen molar-refractivity contribution < 1.29 is 19.1 Å². The van der Waals surface area contributed by atoms with Crippen molar-refractivity contribution in [1.29, 1.82) is 0 Å². The second kappa shape index (κ2) is 7.55. The number of rotatable bonds is 9. The Balaban J connectivity index is 1.49. The molecule has 2 saturated carbocycles. The van der Waals surface area contributed by atoms with Crippen LogP contribution in [0.5, 0.6) is 11.5 Å². The highest BCUT2D eigenvalue weighted by Crippen LogP contribution is 2.29. The number of para-hydroxylation sites is 2. The summed E-state index contributed by atoms with van der Waals surface area (Å²) in [6.07, 6.45) is 4.51. The molecule has 3 rings (SSSR count). The number of hydrogen-bond donors (Lipinski definition) is 1. The highest BCUT2D eigenvalue weighted by Gasteiger charge is 2.33. The van der Waals surface area contributed by atoms with E-state index in [2.05, 4.69) is 5.32 Å². The van der Waals surface area contributed by atoms with Crippen LogP contribution in [-0.4, -0.2) is 49.1 Å². The van der Waals surface area contributed by atoms with E-state index >= 15 is 0 Å². The van der Waals surface area contributed by atoms with E-state index in [1.807, 2.05) is 12.1 Å². The third kappa shape index (κ3) is 4.63. The lowest BCUT2D eigenvalue weighted by Crippen LogP contribution is -2.39. The summed E-state index contributed by atoms with van der Waals surface area (Å²) in [6, 6.07) is 7.87. The largest absolute Gasteiger partial charge is 0.493 e. The highest BCUT2D eigenvalue weighted by atomic mass is 16.5. The summed E-state index contributed by atoms with van der Waals surface area (Å²) in [5, 5.41) is 2.96. The molecule has 1 N–H and O–H groups in total. The fourth-order valence-electron chi connectivity index (χ4n) is 2.61. The molecule has 0 spiro atoms. The first kappa shape index (κ1) is 16.6. The zero-order chi connectivity index (χ0) is 16.9. The number of carbonyl (C=O) groups is 2. The molecule has 0 heterocycles. The first-order valence-electron chi connectivity index (χ1n) is 8.52. The number of methoxy groups -OCH3 is 1. The third-order valence-electron chi connectivity index (χ3n) is 4.25. The quantitative estimate of drug-likeness (QED) is 0.748. The molecule has 0 unspecified atom stereocenters. The molecule has 6 nitrogen and oxygen atoms in total. The number of hydrogen-bond acceptors (Lipinski definition) is 4. The van der Waals surface area contributed by atoms with Crippen molar-refractivity contribution in [2.24, 2.45) is 0 Å². The Hall–Kier alpha value is -2.24. The van der Waals surface area contributed by atoms with E-state index in [0.29, 0.717) is 30.5 Å². The van der Waals surface area contributed by atoms with Gasteiger partial charge >= 0.3 is 0 Å². The van der Waals surface area contributed by atoms with E-state index in [9.17, 15) is 9.59 Å². The van der Waals surface area contributed by atoms with Crippen molar-refractivity contribution in [3.63, 3.8) is 0 Å². The molecule has 2 fully saturated rings. The summed E-state index contributed by atoms with van der Waals surface area (Å²) in [6.45, 7) is 0.415. The van der Waals surface area contributed by atoms with Gasteiger partial charge in [-0.1, -0.05) is 12.1 Å². The fourth-order valence-corrected chi connectivity index (χ4v) is 2.61. The van der Waals surface area contributed by atoms with Gasteiger partial charge in [-0.25, -0.2) is 0 Å². The predicted molar refractivity (Wildman–Crippen MR) is 89.0 cm³/mol. The van der Waals surface area contributed by atoms with Crippen molar-refractivity contribution in [2.45, 2.75) is 44.2 Å². The Labute approximate surface area is 142 Å². The van der Waals surface area contributed by atoms with Crippen LogP contribution in [0.15, 0.2) is 24.3 Å². The maximum atomic E-state index is 12.5. The summed E-state index contributed by atoms with van der Waals surface area (Å²) in [5.41, 5.74) is 0. The molecule has 6 heteroatoms. The molecule has 0 aliphatic heterocycles. The maximum Gasteiger partial charge on any atom is 0.260 e. The second-order valence-electron chi connectivity index (χ2n) is 6.35. The van der Waals surface area contributed by atoms with Gasteiger partial charge in [0.05, 0.1) is 7.11 Å².